The van der Waals surface area contributed by atoms with Crippen molar-refractivity contribution in [3.63, 3.8) is 0 Å². The summed E-state index contributed by atoms with van der Waals surface area (Å²) >= 11 is 0. The van der Waals surface area contributed by atoms with Gasteiger partial charge >= 0.3 is 0 Å². The predicted octanol–water partition coefficient (Wildman–Crippen LogP) is 2.07. The monoisotopic (exact) mass is 406 g/mol. The Hall–Kier alpha value is -0.860. The van der Waals surface area contributed by atoms with Crippen LogP contribution in [-0.4, -0.2) is 34.3 Å². The minimum absolute atomic E-state index is 0. The van der Waals surface area contributed by atoms with Crippen LogP contribution < -0.4 is 10.6 Å². The fourth-order valence-corrected chi connectivity index (χ4v) is 2.76. The van der Waals surface area contributed by atoms with Gasteiger partial charge in [0.1, 0.15) is 12.2 Å². The molecule has 0 atom stereocenters. The van der Waals surface area contributed by atoms with Crippen molar-refractivity contribution in [3.8, 4) is 0 Å². The summed E-state index contributed by atoms with van der Waals surface area (Å²) in [6.07, 6.45) is 9.84. The molecule has 1 saturated carbocycles. The maximum absolute atomic E-state index is 4.22. The first-order chi connectivity index (χ1) is 9.79. The molecular formula is C14H27IN6. The Morgan fingerprint density at radius 2 is 2.14 bits per heavy atom. The van der Waals surface area contributed by atoms with Crippen molar-refractivity contribution in [1.29, 1.82) is 0 Å². The first-order valence-corrected chi connectivity index (χ1v) is 7.57. The lowest BCUT2D eigenvalue weighted by molar-refractivity contribution is 0.481. The van der Waals surface area contributed by atoms with Gasteiger partial charge < -0.3 is 10.6 Å². The summed E-state index contributed by atoms with van der Waals surface area (Å²) in [5.74, 6) is 2.70. The molecule has 0 bridgehead atoms. The van der Waals surface area contributed by atoms with Crippen molar-refractivity contribution in [2.24, 2.45) is 18.0 Å². The van der Waals surface area contributed by atoms with Crippen LogP contribution in [0.2, 0.25) is 0 Å². The van der Waals surface area contributed by atoms with Crippen LogP contribution >= 0.6 is 24.0 Å². The summed E-state index contributed by atoms with van der Waals surface area (Å²) in [5.41, 5.74) is 0. The molecule has 2 N–H and O–H groups in total. The Morgan fingerprint density at radius 1 is 1.38 bits per heavy atom. The largest absolute Gasteiger partial charge is 0.356 e. The second-order valence-electron chi connectivity index (χ2n) is 5.45. The lowest BCUT2D eigenvalue weighted by Gasteiger charge is -2.13. The van der Waals surface area contributed by atoms with E-state index in [0.29, 0.717) is 6.54 Å². The zero-order chi connectivity index (χ0) is 14.2. The van der Waals surface area contributed by atoms with Gasteiger partial charge in [-0.3, -0.25) is 9.67 Å². The number of guanidine groups is 1. The fraction of sp³-hybridized carbons (Fsp3) is 0.786. The van der Waals surface area contributed by atoms with E-state index in [4.69, 9.17) is 0 Å². The molecule has 1 heterocycles. The van der Waals surface area contributed by atoms with Crippen LogP contribution in [0.3, 0.4) is 0 Å². The quantitative estimate of drug-likeness (QED) is 0.329. The van der Waals surface area contributed by atoms with Gasteiger partial charge in [-0.05, 0) is 18.8 Å². The van der Waals surface area contributed by atoms with Gasteiger partial charge in [0.05, 0.1) is 6.54 Å². The molecule has 0 aromatic carbocycles. The van der Waals surface area contributed by atoms with Crippen LogP contribution in [0.4, 0.5) is 0 Å². The SMILES string of the molecule is CN=C(NCCCC1CCCC1)NCc1ncnn1C.I. The molecule has 1 aromatic heterocycles. The molecule has 2 rings (SSSR count). The molecule has 6 nitrogen and oxygen atoms in total. The minimum atomic E-state index is 0. The molecule has 120 valence electrons. The molecule has 0 unspecified atom stereocenters. The summed E-state index contributed by atoms with van der Waals surface area (Å²) in [5, 5.41) is 10.7. The number of nitrogens with zero attached hydrogens (tertiary/aromatic N) is 4. The number of hydrogen-bond donors (Lipinski definition) is 2. The van der Waals surface area contributed by atoms with Gasteiger partial charge in [0, 0.05) is 20.6 Å². The van der Waals surface area contributed by atoms with Crippen LogP contribution in [0.1, 0.15) is 44.3 Å². The molecule has 1 fully saturated rings. The Balaban J connectivity index is 0.00000220. The number of rotatable bonds is 6. The number of halogens is 1. The van der Waals surface area contributed by atoms with Crippen LogP contribution in [-0.2, 0) is 13.6 Å². The molecular weight excluding hydrogens is 379 g/mol. The van der Waals surface area contributed by atoms with Gasteiger partial charge in [0.2, 0.25) is 0 Å². The Bertz CT molecular complexity index is 425. The highest BCUT2D eigenvalue weighted by atomic mass is 127. The summed E-state index contributed by atoms with van der Waals surface area (Å²) in [6, 6.07) is 0. The minimum Gasteiger partial charge on any atom is -0.356 e. The highest BCUT2D eigenvalue weighted by Crippen LogP contribution is 2.28. The van der Waals surface area contributed by atoms with Crippen molar-refractivity contribution in [1.82, 2.24) is 25.4 Å². The van der Waals surface area contributed by atoms with E-state index < -0.39 is 0 Å². The Morgan fingerprint density at radius 3 is 2.76 bits per heavy atom. The number of nitrogens with one attached hydrogen (secondary N) is 2. The Labute approximate surface area is 144 Å². The number of aryl methyl sites for hydroxylation is 1. The molecule has 21 heavy (non-hydrogen) atoms. The molecule has 0 radical (unpaired) electrons. The van der Waals surface area contributed by atoms with Crippen LogP contribution in [0.15, 0.2) is 11.3 Å². The average molecular weight is 406 g/mol. The number of hydrogen-bond acceptors (Lipinski definition) is 3. The van der Waals surface area contributed by atoms with E-state index in [-0.39, 0.29) is 24.0 Å². The Kier molecular flexibility index (Phi) is 8.63. The van der Waals surface area contributed by atoms with Crippen molar-refractivity contribution in [2.45, 2.75) is 45.1 Å². The number of aromatic nitrogens is 3. The zero-order valence-corrected chi connectivity index (χ0v) is 15.3. The highest BCUT2D eigenvalue weighted by Gasteiger charge is 2.14. The topological polar surface area (TPSA) is 67.1 Å². The second-order valence-corrected chi connectivity index (χ2v) is 5.45. The fourth-order valence-electron chi connectivity index (χ4n) is 2.76. The van der Waals surface area contributed by atoms with E-state index in [1.807, 2.05) is 7.05 Å². The first kappa shape index (κ1) is 18.2. The molecule has 0 spiro atoms. The summed E-state index contributed by atoms with van der Waals surface area (Å²) in [7, 11) is 3.69. The third-order valence-electron chi connectivity index (χ3n) is 4.00. The molecule has 1 aliphatic carbocycles. The maximum Gasteiger partial charge on any atom is 0.191 e. The predicted molar refractivity (Wildman–Crippen MR) is 95.8 cm³/mol. The molecule has 7 heteroatoms. The lowest BCUT2D eigenvalue weighted by Crippen LogP contribution is -2.37. The normalized spacial score (nSPS) is 15.8. The highest BCUT2D eigenvalue weighted by molar-refractivity contribution is 14.0. The van der Waals surface area contributed by atoms with E-state index in [0.717, 1.165) is 24.2 Å². The molecule has 0 saturated heterocycles. The smallest absolute Gasteiger partial charge is 0.191 e. The van der Waals surface area contributed by atoms with E-state index in [1.54, 1.807) is 18.1 Å². The standard InChI is InChI=1S/C14H26N6.HI/c1-15-14(17-10-13-18-11-19-20(13)2)16-9-5-8-12-6-3-4-7-12;/h11-12H,3-10H2,1-2H3,(H2,15,16,17);1H. The van der Waals surface area contributed by atoms with Crippen LogP contribution in [0, 0.1) is 5.92 Å². The molecule has 1 aromatic rings. The molecule has 0 amide bonds. The van der Waals surface area contributed by atoms with Gasteiger partial charge in [0.25, 0.3) is 0 Å². The summed E-state index contributed by atoms with van der Waals surface area (Å²) < 4.78 is 1.76. The van der Waals surface area contributed by atoms with Gasteiger partial charge in [0.15, 0.2) is 5.96 Å². The maximum atomic E-state index is 4.22. The van der Waals surface area contributed by atoms with E-state index in [2.05, 4.69) is 25.7 Å². The van der Waals surface area contributed by atoms with Crippen molar-refractivity contribution in [2.75, 3.05) is 13.6 Å². The average Bonchev–Trinajstić information content (AvgIpc) is 3.10. The van der Waals surface area contributed by atoms with E-state index >= 15 is 0 Å². The van der Waals surface area contributed by atoms with Crippen molar-refractivity contribution >= 4 is 29.9 Å². The van der Waals surface area contributed by atoms with Crippen LogP contribution in [0.25, 0.3) is 0 Å². The molecule has 1 aliphatic rings. The van der Waals surface area contributed by atoms with Crippen molar-refractivity contribution in [3.05, 3.63) is 12.2 Å². The van der Waals surface area contributed by atoms with Crippen molar-refractivity contribution < 1.29 is 0 Å². The number of aliphatic imine (C=N–C) groups is 1. The summed E-state index contributed by atoms with van der Waals surface area (Å²) in [4.78, 5) is 8.40. The van der Waals surface area contributed by atoms with Gasteiger partial charge in [-0.25, -0.2) is 4.98 Å². The molecule has 0 aliphatic heterocycles. The third-order valence-corrected chi connectivity index (χ3v) is 4.00. The van der Waals surface area contributed by atoms with Gasteiger partial charge in [-0.15, -0.1) is 24.0 Å². The second kappa shape index (κ2) is 9.97. The van der Waals surface area contributed by atoms with Gasteiger partial charge in [-0.2, -0.15) is 5.10 Å². The van der Waals surface area contributed by atoms with E-state index in [1.165, 1.54) is 38.5 Å². The summed E-state index contributed by atoms with van der Waals surface area (Å²) in [6.45, 7) is 1.62. The van der Waals surface area contributed by atoms with Gasteiger partial charge in [-0.1, -0.05) is 25.7 Å². The third kappa shape index (κ3) is 6.19. The lowest BCUT2D eigenvalue weighted by atomic mass is 10.0. The zero-order valence-electron chi connectivity index (χ0n) is 13.0. The first-order valence-electron chi connectivity index (χ1n) is 7.57. The van der Waals surface area contributed by atoms with E-state index in [9.17, 15) is 0 Å². The van der Waals surface area contributed by atoms with Crippen LogP contribution in [0.5, 0.6) is 0 Å².